The summed E-state index contributed by atoms with van der Waals surface area (Å²) in [4.78, 5) is 0.451. The molecule has 1 nitrogen and oxygen atoms in total. The molecule has 32 heavy (non-hydrogen) atoms. The second-order valence-corrected chi connectivity index (χ2v) is 6.74. The van der Waals surface area contributed by atoms with Crippen molar-refractivity contribution in [2.24, 2.45) is 0 Å². The van der Waals surface area contributed by atoms with E-state index in [4.69, 9.17) is 30.2 Å². The minimum Gasteiger partial charge on any atom is -0.311 e. The van der Waals surface area contributed by atoms with Crippen molar-refractivity contribution in [3.63, 3.8) is 0 Å². The third kappa shape index (κ3) is 4.37. The average Bonchev–Trinajstić information content (AvgIpc) is 3.14. The van der Waals surface area contributed by atoms with Gasteiger partial charge in [-0.3, -0.25) is 0 Å². The number of halogens is 1. The number of hydrogen-bond donors (Lipinski definition) is 0. The molecule has 2 heteroatoms. The molecule has 0 radical (unpaired) electrons. The van der Waals surface area contributed by atoms with E-state index in [1.165, 1.54) is 0 Å². The Bertz CT molecular complexity index is 2220. The summed E-state index contributed by atoms with van der Waals surface area (Å²) in [5.41, 5.74) is -5.75. The quantitative estimate of drug-likeness (QED) is 0.233. The Balaban J connectivity index is 2.01. The van der Waals surface area contributed by atoms with Crippen LogP contribution in [0.2, 0.25) is 0 Å². The summed E-state index contributed by atoms with van der Waals surface area (Å²) in [7, 11) is 0. The fraction of sp³-hybridized carbons (Fsp3) is 0. The fourth-order valence-electron chi connectivity index (χ4n) is 2.57. The molecule has 154 valence electrons. The molecule has 0 saturated carbocycles. The molecule has 0 fully saturated rings. The van der Waals surface area contributed by atoms with Crippen LogP contribution in [0.1, 0.15) is 30.2 Å². The second-order valence-electron chi connectivity index (χ2n) is 5.95. The minimum atomic E-state index is -1.09. The SMILES string of the molecule is [2H]c1c([2H])c([2H])c(-c2c([2H])c([2H])c(N(c3c([2H])c([2H])c(Br)c([2H])c3[2H])c3c([2H])c([2H])c(-c4c([2H])c([2H])c([2H])c([2H])c4[2H])c([2H])c3[2H])c([2H])c2[2H])c([2H])c1[2H]. The highest BCUT2D eigenvalue weighted by atomic mass is 79.9. The topological polar surface area (TPSA) is 3.24 Å². The zero-order valence-corrected chi connectivity index (χ0v) is 17.4. The monoisotopic (exact) mass is 497 g/mol. The first-order valence-corrected chi connectivity index (χ1v) is 9.65. The summed E-state index contributed by atoms with van der Waals surface area (Å²) in [5, 5.41) is 0. The number of anilines is 3. The van der Waals surface area contributed by atoms with E-state index >= 15 is 0 Å². The smallest absolute Gasteiger partial charge is 0.0645 e. The first kappa shape index (κ1) is 7.19. The molecule has 0 unspecified atom stereocenters. The second kappa shape index (κ2) is 9.25. The zero-order chi connectivity index (χ0) is 40.9. The molecule has 0 amide bonds. The number of benzene rings is 5. The van der Waals surface area contributed by atoms with Gasteiger partial charge in [-0.15, -0.1) is 0 Å². The minimum absolute atomic E-state index is 0.353. The molecule has 0 spiro atoms. The van der Waals surface area contributed by atoms with E-state index in [0.29, 0.717) is 4.90 Å². The Morgan fingerprint density at radius 3 is 1.09 bits per heavy atom. The Kier molecular flexibility index (Phi) is 2.08. The first-order valence-electron chi connectivity index (χ1n) is 19.9. The molecule has 0 aliphatic heterocycles. The van der Waals surface area contributed by atoms with Crippen molar-refractivity contribution in [1.82, 2.24) is 0 Å². The van der Waals surface area contributed by atoms with Gasteiger partial charge in [0.25, 0.3) is 0 Å². The lowest BCUT2D eigenvalue weighted by Gasteiger charge is -2.26. The third-order valence-corrected chi connectivity index (χ3v) is 4.37. The van der Waals surface area contributed by atoms with Crippen LogP contribution in [0.5, 0.6) is 0 Å². The van der Waals surface area contributed by atoms with Crippen LogP contribution < -0.4 is 4.90 Å². The van der Waals surface area contributed by atoms with Crippen molar-refractivity contribution in [3.8, 4) is 22.3 Å². The number of rotatable bonds is 5. The molecular weight excluding hydrogens is 454 g/mol. The lowest BCUT2D eigenvalue weighted by atomic mass is 10.0. The lowest BCUT2D eigenvalue weighted by molar-refractivity contribution is 1.28. The number of hydrogen-bond acceptors (Lipinski definition) is 1. The molecule has 0 atom stereocenters. The summed E-state index contributed by atoms with van der Waals surface area (Å²) in [6.45, 7) is 0. The molecule has 0 aromatic heterocycles. The molecule has 0 N–H and O–H groups in total. The summed E-state index contributed by atoms with van der Waals surface area (Å²) in [6.07, 6.45) is 0. The van der Waals surface area contributed by atoms with E-state index in [-0.39, 0.29) is 4.47 Å². The van der Waals surface area contributed by atoms with Crippen LogP contribution in [-0.4, -0.2) is 0 Å². The highest BCUT2D eigenvalue weighted by Gasteiger charge is 2.13. The molecule has 0 bridgehead atoms. The highest BCUT2D eigenvalue weighted by Crippen LogP contribution is 2.37. The van der Waals surface area contributed by atoms with E-state index in [0.717, 1.165) is 0 Å². The van der Waals surface area contributed by atoms with Crippen LogP contribution in [0.4, 0.5) is 17.1 Å². The van der Waals surface area contributed by atoms with Gasteiger partial charge in [-0.05, 0) is 70.6 Å². The maximum Gasteiger partial charge on any atom is 0.0645 e. The van der Waals surface area contributed by atoms with Gasteiger partial charge in [-0.1, -0.05) is 101 Å². The van der Waals surface area contributed by atoms with Crippen LogP contribution in [0.15, 0.2) is 137 Å². The fourth-order valence-corrected chi connectivity index (χ4v) is 2.77. The third-order valence-electron chi connectivity index (χ3n) is 3.98. The van der Waals surface area contributed by atoms with Crippen LogP contribution >= 0.6 is 15.9 Å². The van der Waals surface area contributed by atoms with Gasteiger partial charge in [0.15, 0.2) is 0 Å². The van der Waals surface area contributed by atoms with Gasteiger partial charge in [0.1, 0.15) is 0 Å². The Morgan fingerprint density at radius 2 is 0.719 bits per heavy atom. The molecule has 0 heterocycles. The summed E-state index contributed by atoms with van der Waals surface area (Å²) >= 11 is 2.95. The Hall–Kier alpha value is -3.62. The van der Waals surface area contributed by atoms with Crippen LogP contribution in [0.25, 0.3) is 22.3 Å². The Labute approximate surface area is 228 Å². The van der Waals surface area contributed by atoms with Gasteiger partial charge in [-0.2, -0.15) is 0 Å². The summed E-state index contributed by atoms with van der Waals surface area (Å²) in [6, 6.07) is -20.3. The van der Waals surface area contributed by atoms with Crippen molar-refractivity contribution in [1.29, 1.82) is 0 Å². The Morgan fingerprint density at radius 1 is 0.406 bits per heavy atom. The zero-order valence-electron chi connectivity index (χ0n) is 37.8. The standard InChI is InChI=1S/C30H22BrN/c31-27-15-21-30(22-16-27)32(28-17-11-25(12-18-28)23-7-3-1-4-8-23)29-19-13-26(14-20-29)24-9-5-2-6-10-24/h1-22H/i1D,2D,3D,4D,5D,6D,7D,8D,9D,10D,11D,12D,13D,14D,15D,16D,17D,18D,19D,20D,21D,22D. The molecule has 0 saturated heterocycles. The van der Waals surface area contributed by atoms with E-state index in [2.05, 4.69) is 15.9 Å². The maximum atomic E-state index is 9.05. The van der Waals surface area contributed by atoms with Crippen molar-refractivity contribution in [2.75, 3.05) is 4.90 Å². The highest BCUT2D eigenvalue weighted by molar-refractivity contribution is 9.10. The summed E-state index contributed by atoms with van der Waals surface area (Å²) < 4.78 is 187. The van der Waals surface area contributed by atoms with E-state index < -0.39 is 172 Å². The van der Waals surface area contributed by atoms with Crippen LogP contribution in [-0.2, 0) is 0 Å². The van der Waals surface area contributed by atoms with Crippen LogP contribution in [0, 0.1) is 0 Å². The predicted molar refractivity (Wildman–Crippen MR) is 140 cm³/mol. The molecule has 5 rings (SSSR count). The van der Waals surface area contributed by atoms with Gasteiger partial charge >= 0.3 is 0 Å². The predicted octanol–water partition coefficient (Wildman–Crippen LogP) is 9.25. The van der Waals surface area contributed by atoms with Gasteiger partial charge in [0, 0.05) is 21.5 Å². The largest absolute Gasteiger partial charge is 0.311 e. The first-order chi connectivity index (χ1) is 24.9. The molecular formula is C30H22BrN. The van der Waals surface area contributed by atoms with Crippen molar-refractivity contribution in [2.45, 2.75) is 0 Å². The van der Waals surface area contributed by atoms with Gasteiger partial charge in [-0.25, -0.2) is 0 Å². The average molecular weight is 499 g/mol. The van der Waals surface area contributed by atoms with Crippen molar-refractivity contribution in [3.05, 3.63) is 137 Å². The van der Waals surface area contributed by atoms with Gasteiger partial charge in [0.2, 0.25) is 0 Å². The van der Waals surface area contributed by atoms with Crippen molar-refractivity contribution < 1.29 is 30.2 Å². The summed E-state index contributed by atoms with van der Waals surface area (Å²) in [5.74, 6) is 0. The molecule has 5 aromatic carbocycles. The van der Waals surface area contributed by atoms with E-state index in [9.17, 15) is 0 Å². The van der Waals surface area contributed by atoms with Gasteiger partial charge in [0.05, 0.1) is 30.2 Å². The van der Waals surface area contributed by atoms with E-state index in [1.807, 2.05) is 0 Å². The van der Waals surface area contributed by atoms with Crippen LogP contribution in [0.3, 0.4) is 0 Å². The number of nitrogens with zero attached hydrogens (tertiary/aromatic N) is 1. The molecule has 0 aliphatic rings. The normalized spacial score (nSPS) is 20.3. The molecule has 0 aliphatic carbocycles. The van der Waals surface area contributed by atoms with Crippen molar-refractivity contribution >= 4 is 33.0 Å². The molecule has 5 aromatic rings. The van der Waals surface area contributed by atoms with E-state index in [1.54, 1.807) is 0 Å². The maximum absolute atomic E-state index is 9.05. The van der Waals surface area contributed by atoms with Gasteiger partial charge < -0.3 is 4.90 Å². The lowest BCUT2D eigenvalue weighted by Crippen LogP contribution is -2.09.